The van der Waals surface area contributed by atoms with Crippen molar-refractivity contribution in [2.75, 3.05) is 0 Å². The summed E-state index contributed by atoms with van der Waals surface area (Å²) in [7, 11) is 0. The van der Waals surface area contributed by atoms with E-state index in [-0.39, 0.29) is 37.7 Å². The Morgan fingerprint density at radius 1 is 1.57 bits per heavy atom. The smallest absolute Gasteiger partial charge is 0.794 e. The first-order valence-corrected chi connectivity index (χ1v) is 1.26. The summed E-state index contributed by atoms with van der Waals surface area (Å²) in [5, 5.41) is 11.6. The van der Waals surface area contributed by atoms with Crippen LogP contribution >= 0.6 is 0 Å². The van der Waals surface area contributed by atoms with Crippen LogP contribution in [0.3, 0.4) is 0 Å². The standard InChI is InChI=1S/C3H6NO.2Li/c1-3(2)4-5;;/h5H,1H2,2H3;;/q-1;2*+1/p-1/b4-3+;;. The van der Waals surface area contributed by atoms with Crippen LogP contribution < -0.4 is 37.7 Å². The van der Waals surface area contributed by atoms with Gasteiger partial charge in [-0.1, -0.05) is 6.92 Å². The maximum Gasteiger partial charge on any atom is 1.00 e. The fourth-order valence-electron chi connectivity index (χ4n) is 0. The van der Waals surface area contributed by atoms with Gasteiger partial charge in [0, 0.05) is 0 Å². The second kappa shape index (κ2) is 9.73. The molecule has 30 valence electrons. The van der Waals surface area contributed by atoms with E-state index in [4.69, 9.17) is 5.21 Å². The largest absolute Gasteiger partial charge is 1.00 e. The minimum Gasteiger partial charge on any atom is -0.794 e. The normalized spacial score (nSPS) is 8.43. The minimum atomic E-state index is 0. The Bertz CT molecular complexity index is 50.9. The van der Waals surface area contributed by atoms with E-state index >= 15 is 0 Å². The predicted octanol–water partition coefficient (Wildman–Crippen LogP) is -5.21. The van der Waals surface area contributed by atoms with Gasteiger partial charge in [-0.15, -0.1) is 5.71 Å². The Morgan fingerprint density at radius 2 is 1.71 bits per heavy atom. The molecule has 0 aliphatic carbocycles. The molecular weight excluding hydrogens is 79.9 g/mol. The summed E-state index contributed by atoms with van der Waals surface area (Å²) in [5.74, 6) is 0. The molecule has 7 heavy (non-hydrogen) atoms. The fourth-order valence-corrected chi connectivity index (χ4v) is 0. The van der Waals surface area contributed by atoms with Crippen LogP contribution in [-0.4, -0.2) is 5.71 Å². The van der Waals surface area contributed by atoms with E-state index in [1.807, 2.05) is 0 Å². The first-order chi connectivity index (χ1) is 2.27. The van der Waals surface area contributed by atoms with Gasteiger partial charge in [0.05, 0.1) is 0 Å². The molecule has 0 fully saturated rings. The molecule has 0 unspecified atom stereocenters. The van der Waals surface area contributed by atoms with Crippen molar-refractivity contribution in [3.8, 4) is 0 Å². The minimum absolute atomic E-state index is 0. The van der Waals surface area contributed by atoms with Crippen molar-refractivity contribution in [3.05, 3.63) is 12.1 Å². The summed E-state index contributed by atoms with van der Waals surface area (Å²) in [6.07, 6.45) is 0. The van der Waals surface area contributed by atoms with Gasteiger partial charge in [0.25, 0.3) is 0 Å². The predicted molar refractivity (Wildman–Crippen MR) is 21.8 cm³/mol. The molecule has 0 aromatic carbocycles. The van der Waals surface area contributed by atoms with Gasteiger partial charge in [-0.05, 0) is 0 Å². The number of rotatable bonds is 0. The van der Waals surface area contributed by atoms with E-state index in [0.717, 1.165) is 0 Å². The van der Waals surface area contributed by atoms with Gasteiger partial charge in [0.15, 0.2) is 0 Å². The third kappa shape index (κ3) is 20.9. The first-order valence-electron chi connectivity index (χ1n) is 1.26. The summed E-state index contributed by atoms with van der Waals surface area (Å²) in [6, 6.07) is 0. The van der Waals surface area contributed by atoms with Crippen molar-refractivity contribution in [2.45, 2.75) is 6.92 Å². The van der Waals surface area contributed by atoms with Crippen LogP contribution in [0.4, 0.5) is 0 Å². The molecule has 4 heteroatoms. The summed E-state index contributed by atoms with van der Waals surface area (Å²) >= 11 is 0. The van der Waals surface area contributed by atoms with Gasteiger partial charge in [-0.25, -0.2) is 0 Å². The quantitative estimate of drug-likeness (QED) is 0.125. The average Bonchev–Trinajstić information content (AvgIpc) is 1.38. The Hall–Kier alpha value is 0.535. The molecule has 0 atom stereocenters. The van der Waals surface area contributed by atoms with Gasteiger partial charge in [-0.2, -0.15) is 0 Å². The monoisotopic (exact) mass is 85.1 g/mol. The van der Waals surface area contributed by atoms with Crippen molar-refractivity contribution in [3.63, 3.8) is 0 Å². The number of nitrogens with zero attached hydrogens (tertiary/aromatic N) is 1. The van der Waals surface area contributed by atoms with Crippen LogP contribution in [0.5, 0.6) is 0 Å². The summed E-state index contributed by atoms with van der Waals surface area (Å²) in [5.41, 5.74) is 0.324. The van der Waals surface area contributed by atoms with Crippen molar-refractivity contribution in [1.82, 2.24) is 0 Å². The molecule has 0 radical (unpaired) electrons. The Balaban J connectivity index is -0.0000000800. The van der Waals surface area contributed by atoms with Gasteiger partial charge in [0.2, 0.25) is 0 Å². The van der Waals surface area contributed by atoms with E-state index in [2.05, 4.69) is 12.1 Å². The molecular formula is C3H5Li2NO. The molecule has 0 bridgehead atoms. The molecule has 0 saturated carbocycles. The fraction of sp³-hybridized carbons (Fsp3) is 0.333. The Labute approximate surface area is 67.7 Å². The van der Waals surface area contributed by atoms with Crippen molar-refractivity contribution >= 4 is 5.71 Å². The SMILES string of the molecule is [CH2-]/C(C)=N\[O-].[Li+].[Li+]. The van der Waals surface area contributed by atoms with E-state index in [9.17, 15) is 0 Å². The van der Waals surface area contributed by atoms with Crippen LogP contribution in [0.1, 0.15) is 6.92 Å². The topological polar surface area (TPSA) is 35.4 Å². The van der Waals surface area contributed by atoms with Gasteiger partial charge in [-0.3, -0.25) is 0 Å². The Kier molecular flexibility index (Phi) is 21.8. The zero-order chi connectivity index (χ0) is 4.28. The molecule has 0 aromatic heterocycles. The van der Waals surface area contributed by atoms with E-state index in [1.165, 1.54) is 0 Å². The van der Waals surface area contributed by atoms with E-state index in [1.54, 1.807) is 6.92 Å². The van der Waals surface area contributed by atoms with Crippen LogP contribution in [0.15, 0.2) is 5.16 Å². The van der Waals surface area contributed by atoms with Gasteiger partial charge in [0.1, 0.15) is 0 Å². The van der Waals surface area contributed by atoms with Crippen LogP contribution in [0.2, 0.25) is 0 Å². The van der Waals surface area contributed by atoms with Crippen LogP contribution in [0.25, 0.3) is 0 Å². The molecule has 0 aliphatic heterocycles. The van der Waals surface area contributed by atoms with Crippen molar-refractivity contribution in [1.29, 1.82) is 0 Å². The van der Waals surface area contributed by atoms with E-state index < -0.39 is 0 Å². The zero-order valence-corrected chi connectivity index (χ0v) is 5.06. The molecule has 0 rings (SSSR count). The molecule has 0 heterocycles. The van der Waals surface area contributed by atoms with Gasteiger partial charge < -0.3 is 17.3 Å². The van der Waals surface area contributed by atoms with Crippen molar-refractivity contribution < 1.29 is 37.7 Å². The third-order valence-corrected chi connectivity index (χ3v) is 0.156. The van der Waals surface area contributed by atoms with Gasteiger partial charge >= 0.3 is 37.7 Å². The first kappa shape index (κ1) is 15.6. The molecule has 2 nitrogen and oxygen atoms in total. The summed E-state index contributed by atoms with van der Waals surface area (Å²) in [4.78, 5) is 0. The molecule has 0 aromatic rings. The third-order valence-electron chi connectivity index (χ3n) is 0.156. The Morgan fingerprint density at radius 3 is 1.71 bits per heavy atom. The molecule has 0 N–H and O–H groups in total. The second-order valence-electron chi connectivity index (χ2n) is 0.827. The number of hydrogen-bond acceptors (Lipinski definition) is 2. The second-order valence-corrected chi connectivity index (χ2v) is 0.827. The van der Waals surface area contributed by atoms with Crippen molar-refractivity contribution in [2.24, 2.45) is 5.16 Å². The summed E-state index contributed by atoms with van der Waals surface area (Å²) < 4.78 is 0. The van der Waals surface area contributed by atoms with Crippen LogP contribution in [0, 0.1) is 12.1 Å². The maximum absolute atomic E-state index is 9.16. The molecule has 0 aliphatic rings. The summed E-state index contributed by atoms with van der Waals surface area (Å²) in [6.45, 7) is 4.74. The molecule has 0 saturated heterocycles. The molecule has 0 amide bonds. The average molecular weight is 85.0 g/mol. The maximum atomic E-state index is 9.16. The van der Waals surface area contributed by atoms with Crippen LogP contribution in [-0.2, 0) is 0 Å². The molecule has 0 spiro atoms. The number of hydrogen-bond donors (Lipinski definition) is 0. The van der Waals surface area contributed by atoms with E-state index in [0.29, 0.717) is 5.71 Å². The zero-order valence-electron chi connectivity index (χ0n) is 5.06.